The molecule has 1 atom stereocenters. The van der Waals surface area contributed by atoms with Gasteiger partial charge in [-0.2, -0.15) is 0 Å². The summed E-state index contributed by atoms with van der Waals surface area (Å²) >= 11 is 0. The third-order valence-electron chi connectivity index (χ3n) is 3.42. The molecule has 20 heavy (non-hydrogen) atoms. The Kier molecular flexibility index (Phi) is 3.77. The van der Waals surface area contributed by atoms with Gasteiger partial charge >= 0.3 is 0 Å². The quantitative estimate of drug-likeness (QED) is 0.815. The van der Waals surface area contributed by atoms with E-state index >= 15 is 0 Å². The minimum Gasteiger partial charge on any atom is -0.375 e. The zero-order chi connectivity index (χ0) is 13.9. The number of hydrogen-bond donors (Lipinski definition) is 1. The second-order valence-corrected chi connectivity index (χ2v) is 4.77. The molecule has 0 unspecified atom stereocenters. The minimum absolute atomic E-state index is 0.0685. The van der Waals surface area contributed by atoms with E-state index in [1.54, 1.807) is 24.3 Å². The Labute approximate surface area is 116 Å². The molecule has 2 aliphatic heterocycles. The highest BCUT2D eigenvalue weighted by molar-refractivity contribution is 6.20. The second-order valence-electron chi connectivity index (χ2n) is 4.77. The summed E-state index contributed by atoms with van der Waals surface area (Å²) in [4.78, 5) is 29.4. The number of nitrogens with zero attached hydrogens (tertiary/aromatic N) is 1. The third kappa shape index (κ3) is 2.45. The van der Waals surface area contributed by atoms with E-state index in [0.29, 0.717) is 24.2 Å². The van der Waals surface area contributed by atoms with Gasteiger partial charge in [0.1, 0.15) is 0 Å². The molecule has 6 nitrogen and oxygen atoms in total. The number of amides is 2. The average molecular weight is 276 g/mol. The summed E-state index contributed by atoms with van der Waals surface area (Å²) in [6.45, 7) is 2.58. The molecule has 0 aliphatic carbocycles. The lowest BCUT2D eigenvalue weighted by Gasteiger charge is -2.24. The van der Waals surface area contributed by atoms with Crippen molar-refractivity contribution >= 4 is 11.8 Å². The number of fused-ring (bicyclic) bond motifs is 1. The number of carbonyl (C=O) groups excluding carboxylic acids is 2. The smallest absolute Gasteiger partial charge is 0.285 e. The fraction of sp³-hybridized carbons (Fsp3) is 0.429. The van der Waals surface area contributed by atoms with Crippen molar-refractivity contribution in [3.8, 4) is 0 Å². The summed E-state index contributed by atoms with van der Waals surface area (Å²) in [6, 6.07) is 6.73. The Hall–Kier alpha value is -1.76. The van der Waals surface area contributed by atoms with Crippen LogP contribution in [-0.2, 0) is 9.57 Å². The highest BCUT2D eigenvalue weighted by Crippen LogP contribution is 2.22. The maximum atomic E-state index is 12.0. The molecule has 2 amide bonds. The first-order chi connectivity index (χ1) is 9.77. The van der Waals surface area contributed by atoms with Crippen LogP contribution < -0.4 is 5.32 Å². The molecular formula is C14H16N2O4. The van der Waals surface area contributed by atoms with Crippen molar-refractivity contribution in [1.29, 1.82) is 0 Å². The van der Waals surface area contributed by atoms with Crippen LogP contribution in [0.15, 0.2) is 24.3 Å². The van der Waals surface area contributed by atoms with Gasteiger partial charge < -0.3 is 10.1 Å². The SMILES string of the molecule is O=C1c2ccccc2C(=O)N1OCC[C@@H]1CNCCO1. The molecular weight excluding hydrogens is 260 g/mol. The van der Waals surface area contributed by atoms with E-state index in [4.69, 9.17) is 9.57 Å². The van der Waals surface area contributed by atoms with E-state index in [2.05, 4.69) is 5.32 Å². The van der Waals surface area contributed by atoms with Gasteiger partial charge in [0.2, 0.25) is 0 Å². The Balaban J connectivity index is 1.56. The highest BCUT2D eigenvalue weighted by Gasteiger charge is 2.36. The lowest BCUT2D eigenvalue weighted by molar-refractivity contribution is -0.103. The minimum atomic E-state index is -0.395. The van der Waals surface area contributed by atoms with Crippen molar-refractivity contribution in [3.63, 3.8) is 0 Å². The number of ether oxygens (including phenoxy) is 1. The number of imide groups is 1. The van der Waals surface area contributed by atoms with E-state index in [1.807, 2.05) is 0 Å². The van der Waals surface area contributed by atoms with Gasteiger partial charge in [0, 0.05) is 19.5 Å². The summed E-state index contributed by atoms with van der Waals surface area (Å²) in [7, 11) is 0. The molecule has 1 saturated heterocycles. The van der Waals surface area contributed by atoms with Gasteiger partial charge in [-0.25, -0.2) is 0 Å². The van der Waals surface area contributed by atoms with Crippen LogP contribution in [0.3, 0.4) is 0 Å². The van der Waals surface area contributed by atoms with Gasteiger partial charge in [-0.05, 0) is 12.1 Å². The van der Waals surface area contributed by atoms with Crippen LogP contribution in [0.4, 0.5) is 0 Å². The van der Waals surface area contributed by atoms with Crippen LogP contribution >= 0.6 is 0 Å². The van der Waals surface area contributed by atoms with Crippen LogP contribution in [-0.4, -0.2) is 49.3 Å². The molecule has 106 valence electrons. The second kappa shape index (κ2) is 5.70. The fourth-order valence-electron chi connectivity index (χ4n) is 2.36. The summed E-state index contributed by atoms with van der Waals surface area (Å²) < 4.78 is 5.53. The molecule has 3 rings (SSSR count). The number of hydroxylamine groups is 2. The molecule has 1 aromatic carbocycles. The predicted molar refractivity (Wildman–Crippen MR) is 70.1 cm³/mol. The number of morpholine rings is 1. The van der Waals surface area contributed by atoms with Gasteiger partial charge in [0.15, 0.2) is 0 Å². The maximum Gasteiger partial charge on any atom is 0.285 e. The molecule has 0 spiro atoms. The van der Waals surface area contributed by atoms with Crippen molar-refractivity contribution < 1.29 is 19.2 Å². The molecule has 0 saturated carbocycles. The molecule has 0 radical (unpaired) electrons. The average Bonchev–Trinajstić information content (AvgIpc) is 2.74. The van der Waals surface area contributed by atoms with Gasteiger partial charge in [-0.3, -0.25) is 14.4 Å². The predicted octanol–water partition coefficient (Wildman–Crippen LogP) is 0.593. The van der Waals surface area contributed by atoms with E-state index < -0.39 is 11.8 Å². The molecule has 0 bridgehead atoms. The summed E-state index contributed by atoms with van der Waals surface area (Å²) in [6.07, 6.45) is 0.708. The number of nitrogens with one attached hydrogen (secondary N) is 1. The van der Waals surface area contributed by atoms with Gasteiger partial charge in [0.25, 0.3) is 11.8 Å². The van der Waals surface area contributed by atoms with Gasteiger partial charge in [0.05, 0.1) is 30.4 Å². The summed E-state index contributed by atoms with van der Waals surface area (Å²) in [5.74, 6) is -0.790. The Morgan fingerprint density at radius 1 is 1.25 bits per heavy atom. The van der Waals surface area contributed by atoms with Gasteiger partial charge in [-0.1, -0.05) is 12.1 Å². The third-order valence-corrected chi connectivity index (χ3v) is 3.42. The monoisotopic (exact) mass is 276 g/mol. The molecule has 2 heterocycles. The van der Waals surface area contributed by atoms with E-state index in [9.17, 15) is 9.59 Å². The lowest BCUT2D eigenvalue weighted by Crippen LogP contribution is -2.39. The molecule has 2 aliphatic rings. The van der Waals surface area contributed by atoms with Crippen molar-refractivity contribution in [2.75, 3.05) is 26.3 Å². The first-order valence-corrected chi connectivity index (χ1v) is 6.70. The first-order valence-electron chi connectivity index (χ1n) is 6.70. The molecule has 1 N–H and O–H groups in total. The normalized spacial score (nSPS) is 22.2. The Bertz CT molecular complexity index is 491. The van der Waals surface area contributed by atoms with Crippen LogP contribution in [0, 0.1) is 0 Å². The number of rotatable bonds is 4. The van der Waals surface area contributed by atoms with E-state index in [-0.39, 0.29) is 12.7 Å². The van der Waals surface area contributed by atoms with Crippen molar-refractivity contribution in [2.24, 2.45) is 0 Å². The van der Waals surface area contributed by atoms with Crippen LogP contribution in [0.5, 0.6) is 0 Å². The van der Waals surface area contributed by atoms with E-state index in [0.717, 1.165) is 18.2 Å². The summed E-state index contributed by atoms with van der Waals surface area (Å²) in [5, 5.41) is 4.07. The van der Waals surface area contributed by atoms with Crippen LogP contribution in [0.2, 0.25) is 0 Å². The molecule has 6 heteroatoms. The lowest BCUT2D eigenvalue weighted by atomic mass is 10.1. The zero-order valence-corrected chi connectivity index (χ0v) is 11.0. The number of carbonyl (C=O) groups is 2. The van der Waals surface area contributed by atoms with Gasteiger partial charge in [-0.15, -0.1) is 5.06 Å². The largest absolute Gasteiger partial charge is 0.375 e. The first kappa shape index (κ1) is 13.2. The van der Waals surface area contributed by atoms with E-state index in [1.165, 1.54) is 0 Å². The maximum absolute atomic E-state index is 12.0. The van der Waals surface area contributed by atoms with Crippen LogP contribution in [0.25, 0.3) is 0 Å². The standard InChI is InChI=1S/C14H16N2O4/c17-13-11-3-1-2-4-12(11)14(18)16(13)20-7-5-10-9-15-6-8-19-10/h1-4,10,15H,5-9H2/t10-/m1/s1. The van der Waals surface area contributed by atoms with Crippen molar-refractivity contribution in [1.82, 2.24) is 10.4 Å². The number of hydrogen-bond acceptors (Lipinski definition) is 5. The molecule has 0 aromatic heterocycles. The Morgan fingerprint density at radius 3 is 2.55 bits per heavy atom. The van der Waals surface area contributed by atoms with Crippen molar-refractivity contribution in [3.05, 3.63) is 35.4 Å². The fourth-order valence-corrected chi connectivity index (χ4v) is 2.36. The zero-order valence-electron chi connectivity index (χ0n) is 11.0. The topological polar surface area (TPSA) is 67.9 Å². The molecule has 1 fully saturated rings. The highest BCUT2D eigenvalue weighted by atomic mass is 16.7. The Morgan fingerprint density at radius 2 is 1.95 bits per heavy atom. The van der Waals surface area contributed by atoms with Crippen LogP contribution in [0.1, 0.15) is 27.1 Å². The number of benzene rings is 1. The summed E-state index contributed by atoms with van der Waals surface area (Å²) in [5.41, 5.74) is 0.793. The van der Waals surface area contributed by atoms with Crippen molar-refractivity contribution in [2.45, 2.75) is 12.5 Å². The molecule has 1 aromatic rings.